The quantitative estimate of drug-likeness (QED) is 0.740. The molecule has 0 unspecified atom stereocenters. The Balaban J connectivity index is 1.76. The van der Waals surface area contributed by atoms with Gasteiger partial charge < -0.3 is 19.8 Å². The van der Waals surface area contributed by atoms with Gasteiger partial charge in [0.25, 0.3) is 0 Å². The number of benzene rings is 2. The van der Waals surface area contributed by atoms with E-state index in [2.05, 4.69) is 11.5 Å². The molecule has 24 heavy (non-hydrogen) atoms. The van der Waals surface area contributed by atoms with Crippen molar-refractivity contribution in [1.82, 2.24) is 9.55 Å². The molecule has 0 bridgehead atoms. The van der Waals surface area contributed by atoms with Crippen molar-refractivity contribution in [3.63, 3.8) is 0 Å². The number of aryl methyl sites for hydroxylation is 1. The molecule has 122 valence electrons. The molecule has 5 nitrogen and oxygen atoms in total. The van der Waals surface area contributed by atoms with Gasteiger partial charge in [0.1, 0.15) is 10.8 Å². The summed E-state index contributed by atoms with van der Waals surface area (Å²) in [6.07, 6.45) is 0.853. The number of imidazole rings is 1. The zero-order chi connectivity index (χ0) is 16.7. The summed E-state index contributed by atoms with van der Waals surface area (Å²) in [6.45, 7) is 3.11. The van der Waals surface area contributed by atoms with Crippen molar-refractivity contribution in [3.8, 4) is 11.5 Å². The van der Waals surface area contributed by atoms with Gasteiger partial charge in [-0.05, 0) is 5.56 Å². The fraction of sp³-hybridized carbons (Fsp3) is 0.222. The van der Waals surface area contributed by atoms with E-state index < -0.39 is 0 Å². The molecular weight excluding hydrogens is 322 g/mol. The topological polar surface area (TPSA) is 62.3 Å². The van der Waals surface area contributed by atoms with Crippen LogP contribution in [0.1, 0.15) is 23.9 Å². The average molecular weight is 339 g/mol. The molecular formula is C18H17N3O2S. The highest BCUT2D eigenvalue weighted by Gasteiger charge is 2.18. The Hall–Kier alpha value is -2.60. The van der Waals surface area contributed by atoms with E-state index in [1.165, 1.54) is 5.56 Å². The Labute approximate surface area is 145 Å². The fourth-order valence-corrected chi connectivity index (χ4v) is 3.10. The Morgan fingerprint density at radius 1 is 1.21 bits per heavy atom. The third kappa shape index (κ3) is 2.49. The predicted molar refractivity (Wildman–Crippen MR) is 96.7 cm³/mol. The molecule has 2 N–H and O–H groups in total. The number of ether oxygens (including phenoxy) is 2. The maximum atomic E-state index is 5.66. The van der Waals surface area contributed by atoms with E-state index in [9.17, 15) is 0 Å². The minimum absolute atomic E-state index is 0.267. The van der Waals surface area contributed by atoms with Crippen LogP contribution >= 0.6 is 12.2 Å². The standard InChI is InChI=1S/C18H17N3O2S/c1-2-17-20-13-7-15-16(23-10-22-15)8-14(13)21(17)9-11-3-5-12(6-4-11)18(19)24/h3-8H,2,9-10H2,1H3,(H2,19,24). The summed E-state index contributed by atoms with van der Waals surface area (Å²) in [5.41, 5.74) is 9.69. The SMILES string of the molecule is CCc1nc2cc3c(cc2n1Cc1ccc(C(N)=S)cc1)OCO3. The van der Waals surface area contributed by atoms with E-state index in [0.717, 1.165) is 46.9 Å². The van der Waals surface area contributed by atoms with Gasteiger partial charge in [-0.3, -0.25) is 0 Å². The third-order valence-electron chi connectivity index (χ3n) is 4.22. The number of hydrogen-bond acceptors (Lipinski definition) is 4. The first kappa shape index (κ1) is 15.0. The molecule has 2 aromatic carbocycles. The maximum absolute atomic E-state index is 5.66. The number of nitrogens with zero attached hydrogens (tertiary/aromatic N) is 2. The minimum atomic E-state index is 0.267. The monoisotopic (exact) mass is 339 g/mol. The van der Waals surface area contributed by atoms with Gasteiger partial charge >= 0.3 is 0 Å². The molecule has 0 fully saturated rings. The Morgan fingerprint density at radius 3 is 2.58 bits per heavy atom. The van der Waals surface area contributed by atoms with Crippen molar-refractivity contribution in [2.24, 2.45) is 5.73 Å². The summed E-state index contributed by atoms with van der Waals surface area (Å²) in [5.74, 6) is 2.57. The van der Waals surface area contributed by atoms with Crippen LogP contribution in [-0.2, 0) is 13.0 Å². The summed E-state index contributed by atoms with van der Waals surface area (Å²) in [7, 11) is 0. The van der Waals surface area contributed by atoms with Crippen molar-refractivity contribution in [2.75, 3.05) is 6.79 Å². The van der Waals surface area contributed by atoms with E-state index in [-0.39, 0.29) is 6.79 Å². The van der Waals surface area contributed by atoms with Crippen molar-refractivity contribution in [1.29, 1.82) is 0 Å². The van der Waals surface area contributed by atoms with Gasteiger partial charge in [-0.15, -0.1) is 0 Å². The van der Waals surface area contributed by atoms with Crippen LogP contribution in [0.4, 0.5) is 0 Å². The highest BCUT2D eigenvalue weighted by molar-refractivity contribution is 7.80. The first-order chi connectivity index (χ1) is 11.7. The minimum Gasteiger partial charge on any atom is -0.454 e. The Bertz CT molecular complexity index is 932. The van der Waals surface area contributed by atoms with Gasteiger partial charge in [0.15, 0.2) is 11.5 Å². The molecule has 1 aromatic heterocycles. The summed E-state index contributed by atoms with van der Waals surface area (Å²) >= 11 is 5.01. The molecule has 4 rings (SSSR count). The molecule has 3 aromatic rings. The van der Waals surface area contributed by atoms with Gasteiger partial charge in [-0.2, -0.15) is 0 Å². The lowest BCUT2D eigenvalue weighted by Gasteiger charge is -2.09. The predicted octanol–water partition coefficient (Wildman–Crippen LogP) is 3.01. The second kappa shape index (κ2) is 5.79. The van der Waals surface area contributed by atoms with E-state index in [0.29, 0.717) is 4.99 Å². The van der Waals surface area contributed by atoms with Gasteiger partial charge in [0, 0.05) is 30.7 Å². The number of rotatable bonds is 4. The summed E-state index contributed by atoms with van der Waals surface area (Å²) < 4.78 is 13.2. The van der Waals surface area contributed by atoms with Gasteiger partial charge in [0.2, 0.25) is 6.79 Å². The molecule has 0 saturated heterocycles. The zero-order valence-corrected chi connectivity index (χ0v) is 14.1. The molecule has 0 saturated carbocycles. The number of fused-ring (bicyclic) bond motifs is 2. The van der Waals surface area contributed by atoms with E-state index >= 15 is 0 Å². The van der Waals surface area contributed by atoms with Crippen molar-refractivity contribution in [2.45, 2.75) is 19.9 Å². The molecule has 0 aliphatic carbocycles. The second-order valence-corrected chi connectivity index (χ2v) is 6.16. The Kier molecular flexibility index (Phi) is 3.61. The highest BCUT2D eigenvalue weighted by atomic mass is 32.1. The lowest BCUT2D eigenvalue weighted by molar-refractivity contribution is 0.174. The van der Waals surface area contributed by atoms with Crippen molar-refractivity contribution in [3.05, 3.63) is 53.3 Å². The number of hydrogen-bond donors (Lipinski definition) is 1. The van der Waals surface area contributed by atoms with Crippen LogP contribution in [0.15, 0.2) is 36.4 Å². The smallest absolute Gasteiger partial charge is 0.231 e. The van der Waals surface area contributed by atoms with Crippen molar-refractivity contribution < 1.29 is 9.47 Å². The summed E-state index contributed by atoms with van der Waals surface area (Å²) in [6, 6.07) is 12.0. The van der Waals surface area contributed by atoms with Crippen LogP contribution in [0.25, 0.3) is 11.0 Å². The first-order valence-electron chi connectivity index (χ1n) is 7.83. The van der Waals surface area contributed by atoms with Crippen molar-refractivity contribution >= 4 is 28.2 Å². The molecule has 6 heteroatoms. The second-order valence-electron chi connectivity index (χ2n) is 5.72. The lowest BCUT2D eigenvalue weighted by atomic mass is 10.1. The number of aromatic nitrogens is 2. The molecule has 0 amide bonds. The molecule has 0 spiro atoms. The van der Waals surface area contributed by atoms with Gasteiger partial charge in [-0.25, -0.2) is 4.98 Å². The Morgan fingerprint density at radius 2 is 1.92 bits per heavy atom. The molecule has 2 heterocycles. The van der Waals surface area contributed by atoms with Gasteiger partial charge in [0.05, 0.1) is 11.0 Å². The zero-order valence-electron chi connectivity index (χ0n) is 13.3. The molecule has 1 aliphatic rings. The third-order valence-corrected chi connectivity index (χ3v) is 4.45. The van der Waals surface area contributed by atoms with E-state index in [1.54, 1.807) is 0 Å². The average Bonchev–Trinajstić information content (AvgIpc) is 3.17. The van der Waals surface area contributed by atoms with E-state index in [4.69, 9.17) is 32.4 Å². The largest absolute Gasteiger partial charge is 0.454 e. The highest BCUT2D eigenvalue weighted by Crippen LogP contribution is 2.36. The molecule has 0 atom stereocenters. The van der Waals surface area contributed by atoms with Crippen LogP contribution in [0.5, 0.6) is 11.5 Å². The molecule has 1 aliphatic heterocycles. The van der Waals surface area contributed by atoms with Crippen LogP contribution in [0, 0.1) is 0 Å². The fourth-order valence-electron chi connectivity index (χ4n) is 2.97. The molecule has 0 radical (unpaired) electrons. The van der Waals surface area contributed by atoms with E-state index in [1.807, 2.05) is 36.4 Å². The maximum Gasteiger partial charge on any atom is 0.231 e. The summed E-state index contributed by atoms with van der Waals surface area (Å²) in [4.78, 5) is 5.15. The first-order valence-corrected chi connectivity index (χ1v) is 8.24. The van der Waals surface area contributed by atoms with Crippen LogP contribution < -0.4 is 15.2 Å². The lowest BCUT2D eigenvalue weighted by Crippen LogP contribution is -2.09. The van der Waals surface area contributed by atoms with Gasteiger partial charge in [-0.1, -0.05) is 43.4 Å². The van der Waals surface area contributed by atoms with Crippen LogP contribution in [-0.4, -0.2) is 21.3 Å². The number of nitrogens with two attached hydrogens (primary N) is 1. The van der Waals surface area contributed by atoms with Crippen LogP contribution in [0.2, 0.25) is 0 Å². The van der Waals surface area contributed by atoms with Crippen LogP contribution in [0.3, 0.4) is 0 Å². The summed E-state index contributed by atoms with van der Waals surface area (Å²) in [5, 5.41) is 0. The number of thiocarbonyl (C=S) groups is 1. The normalized spacial score (nSPS) is 12.7.